The average molecular weight is 365 g/mol. The van der Waals surface area contributed by atoms with Gasteiger partial charge in [-0.2, -0.15) is 0 Å². The lowest BCUT2D eigenvalue weighted by Crippen LogP contribution is -1.98. The van der Waals surface area contributed by atoms with Crippen molar-refractivity contribution in [2.75, 3.05) is 6.61 Å². The normalized spacial score (nSPS) is 10.8. The van der Waals surface area contributed by atoms with Gasteiger partial charge in [-0.15, -0.1) is 0 Å². The molecule has 1 aromatic rings. The van der Waals surface area contributed by atoms with E-state index in [-0.39, 0.29) is 0 Å². The highest BCUT2D eigenvalue weighted by molar-refractivity contribution is 9.11. The van der Waals surface area contributed by atoms with E-state index in [1.54, 1.807) is 6.07 Å². The molecular weight excluding hydrogens is 354 g/mol. The maximum atomic E-state index is 10.3. The van der Waals surface area contributed by atoms with Gasteiger partial charge in [-0.3, -0.25) is 10.1 Å². The second-order valence-corrected chi connectivity index (χ2v) is 5.03. The van der Waals surface area contributed by atoms with Crippen molar-refractivity contribution in [3.8, 4) is 5.75 Å². The van der Waals surface area contributed by atoms with Crippen LogP contribution in [0.4, 0.5) is 0 Å². The molecule has 0 N–H and O–H groups in total. The van der Waals surface area contributed by atoms with Crippen molar-refractivity contribution in [2.24, 2.45) is 0 Å². The molecule has 17 heavy (non-hydrogen) atoms. The van der Waals surface area contributed by atoms with Gasteiger partial charge in [0.25, 0.3) is 0 Å². The summed E-state index contributed by atoms with van der Waals surface area (Å²) in [6.07, 6.45) is 3.19. The minimum absolute atomic E-state index is 0.502. The number of hydrogen-bond acceptors (Lipinski definition) is 3. The molecule has 6 heteroatoms. The van der Waals surface area contributed by atoms with E-state index in [0.29, 0.717) is 17.9 Å². The molecule has 0 fully saturated rings. The number of hydrogen-bond donors (Lipinski definition) is 0. The summed E-state index contributed by atoms with van der Waals surface area (Å²) in [6, 6.07) is 3.62. The van der Waals surface area contributed by atoms with Gasteiger partial charge in [0.2, 0.25) is 6.20 Å². The van der Waals surface area contributed by atoms with Crippen LogP contribution in [0.3, 0.4) is 0 Å². The fraction of sp³-hybridized carbons (Fsp3) is 0.273. The van der Waals surface area contributed by atoms with Gasteiger partial charge in [-0.1, -0.05) is 22.9 Å². The van der Waals surface area contributed by atoms with E-state index in [0.717, 1.165) is 21.6 Å². The van der Waals surface area contributed by atoms with E-state index in [9.17, 15) is 10.1 Å². The number of nitrogens with zero attached hydrogens (tertiary/aromatic N) is 1. The van der Waals surface area contributed by atoms with Crippen LogP contribution in [0.25, 0.3) is 6.08 Å². The molecule has 4 nitrogen and oxygen atoms in total. The third-order valence-corrected chi connectivity index (χ3v) is 2.91. The molecule has 0 amide bonds. The Balaban J connectivity index is 3.10. The van der Waals surface area contributed by atoms with Gasteiger partial charge in [0.05, 0.1) is 16.0 Å². The van der Waals surface area contributed by atoms with Gasteiger partial charge in [0.1, 0.15) is 5.75 Å². The summed E-state index contributed by atoms with van der Waals surface area (Å²) >= 11 is 6.71. The van der Waals surface area contributed by atoms with Crippen molar-refractivity contribution in [1.82, 2.24) is 0 Å². The predicted octanol–water partition coefficient (Wildman–Crippen LogP) is 4.25. The summed E-state index contributed by atoms with van der Waals surface area (Å²) < 4.78 is 7.16. The van der Waals surface area contributed by atoms with Crippen LogP contribution in [0.1, 0.15) is 18.9 Å². The third-order valence-electron chi connectivity index (χ3n) is 1.86. The quantitative estimate of drug-likeness (QED) is 0.579. The lowest BCUT2D eigenvalue weighted by atomic mass is 10.2. The van der Waals surface area contributed by atoms with Crippen molar-refractivity contribution in [1.29, 1.82) is 0 Å². The van der Waals surface area contributed by atoms with Crippen LogP contribution in [0, 0.1) is 10.1 Å². The molecule has 0 aliphatic heterocycles. The molecule has 0 heterocycles. The highest BCUT2D eigenvalue weighted by atomic mass is 79.9. The minimum Gasteiger partial charge on any atom is -0.492 e. The fourth-order valence-electron chi connectivity index (χ4n) is 1.20. The van der Waals surface area contributed by atoms with Crippen LogP contribution < -0.4 is 4.74 Å². The highest BCUT2D eigenvalue weighted by Crippen LogP contribution is 2.33. The molecule has 0 aliphatic carbocycles. The van der Waals surface area contributed by atoms with Gasteiger partial charge in [0.15, 0.2) is 0 Å². The van der Waals surface area contributed by atoms with Gasteiger partial charge >= 0.3 is 0 Å². The number of rotatable bonds is 5. The van der Waals surface area contributed by atoms with E-state index in [2.05, 4.69) is 31.9 Å². The van der Waals surface area contributed by atoms with Crippen LogP contribution in [-0.4, -0.2) is 11.5 Å². The van der Waals surface area contributed by atoms with Gasteiger partial charge in [0, 0.05) is 16.1 Å². The van der Waals surface area contributed by atoms with Crippen LogP contribution in [0.2, 0.25) is 0 Å². The minimum atomic E-state index is -0.502. The highest BCUT2D eigenvalue weighted by Gasteiger charge is 2.09. The summed E-state index contributed by atoms with van der Waals surface area (Å²) in [7, 11) is 0. The van der Waals surface area contributed by atoms with Crippen molar-refractivity contribution in [3.05, 3.63) is 43.0 Å². The number of nitro groups is 1. The zero-order chi connectivity index (χ0) is 12.8. The van der Waals surface area contributed by atoms with Crippen LogP contribution in [0.15, 0.2) is 27.3 Å². The van der Waals surface area contributed by atoms with Gasteiger partial charge in [-0.05, 0) is 34.5 Å². The Kier molecular flexibility index (Phi) is 5.64. The average Bonchev–Trinajstić information content (AvgIpc) is 2.24. The van der Waals surface area contributed by atoms with Crippen molar-refractivity contribution >= 4 is 37.9 Å². The Morgan fingerprint density at radius 2 is 2.18 bits per heavy atom. The standard InChI is InChI=1S/C11H11Br2NO3/c1-2-5-17-11-8(3-4-14(15)16)6-9(12)7-10(11)13/h3-4,6-7H,2,5H2,1H3/b4-3+. The Labute approximate surface area is 116 Å². The second-order valence-electron chi connectivity index (χ2n) is 3.26. The summed E-state index contributed by atoms with van der Waals surface area (Å²) in [6.45, 7) is 2.57. The topological polar surface area (TPSA) is 52.4 Å². The zero-order valence-electron chi connectivity index (χ0n) is 9.15. The zero-order valence-corrected chi connectivity index (χ0v) is 12.3. The maximum absolute atomic E-state index is 10.3. The van der Waals surface area contributed by atoms with E-state index < -0.39 is 4.92 Å². The first kappa shape index (κ1) is 14.2. The molecule has 0 spiro atoms. The first-order chi connectivity index (χ1) is 8.04. The first-order valence-electron chi connectivity index (χ1n) is 4.98. The van der Waals surface area contributed by atoms with Crippen molar-refractivity contribution in [2.45, 2.75) is 13.3 Å². The largest absolute Gasteiger partial charge is 0.492 e. The lowest BCUT2D eigenvalue weighted by Gasteiger charge is -2.10. The predicted molar refractivity (Wildman–Crippen MR) is 73.7 cm³/mol. The Morgan fingerprint density at radius 1 is 1.47 bits per heavy atom. The fourth-order valence-corrected chi connectivity index (χ4v) is 2.57. The van der Waals surface area contributed by atoms with E-state index in [1.165, 1.54) is 6.08 Å². The number of halogens is 2. The molecule has 0 aromatic heterocycles. The molecule has 92 valence electrons. The molecule has 0 atom stereocenters. The molecule has 0 bridgehead atoms. The number of ether oxygens (including phenoxy) is 1. The van der Waals surface area contributed by atoms with Crippen LogP contribution in [-0.2, 0) is 0 Å². The Hall–Kier alpha value is -0.880. The second kappa shape index (κ2) is 6.76. The molecule has 0 radical (unpaired) electrons. The smallest absolute Gasteiger partial charge is 0.235 e. The molecule has 1 rings (SSSR count). The molecule has 1 aromatic carbocycles. The summed E-state index contributed by atoms with van der Waals surface area (Å²) in [5.74, 6) is 0.619. The molecule has 0 saturated carbocycles. The Bertz CT molecular complexity index is 447. The summed E-state index contributed by atoms with van der Waals surface area (Å²) in [5.41, 5.74) is 0.663. The SMILES string of the molecule is CCCOc1c(Br)cc(Br)cc1/C=C/[N+](=O)[O-]. The van der Waals surface area contributed by atoms with Crippen molar-refractivity contribution < 1.29 is 9.66 Å². The Morgan fingerprint density at radius 3 is 2.76 bits per heavy atom. The summed E-state index contributed by atoms with van der Waals surface area (Å²) in [5, 5.41) is 10.3. The molecular formula is C11H11Br2NO3. The van der Waals surface area contributed by atoms with E-state index in [1.807, 2.05) is 13.0 Å². The van der Waals surface area contributed by atoms with Crippen molar-refractivity contribution in [3.63, 3.8) is 0 Å². The van der Waals surface area contributed by atoms with E-state index >= 15 is 0 Å². The molecule has 0 saturated heterocycles. The van der Waals surface area contributed by atoms with Gasteiger partial charge in [-0.25, -0.2) is 0 Å². The lowest BCUT2D eigenvalue weighted by molar-refractivity contribution is -0.400. The third kappa shape index (κ3) is 4.47. The maximum Gasteiger partial charge on any atom is 0.235 e. The van der Waals surface area contributed by atoms with E-state index in [4.69, 9.17) is 4.74 Å². The van der Waals surface area contributed by atoms with Gasteiger partial charge < -0.3 is 4.74 Å². The number of benzene rings is 1. The molecule has 0 unspecified atom stereocenters. The monoisotopic (exact) mass is 363 g/mol. The first-order valence-corrected chi connectivity index (χ1v) is 6.56. The van der Waals surface area contributed by atoms with Crippen LogP contribution >= 0.6 is 31.9 Å². The molecule has 0 aliphatic rings. The summed E-state index contributed by atoms with van der Waals surface area (Å²) in [4.78, 5) is 9.82. The van der Waals surface area contributed by atoms with Crippen LogP contribution in [0.5, 0.6) is 5.75 Å².